The number of aromatic nitrogens is 1. The summed E-state index contributed by atoms with van der Waals surface area (Å²) in [4.78, 5) is 17.9. The first kappa shape index (κ1) is 11.9. The van der Waals surface area contributed by atoms with Gasteiger partial charge in [0.15, 0.2) is 0 Å². The molecule has 1 fully saturated rings. The first-order valence-corrected chi connectivity index (χ1v) is 5.76. The van der Waals surface area contributed by atoms with E-state index in [0.717, 1.165) is 25.9 Å². The fourth-order valence-electron chi connectivity index (χ4n) is 1.84. The minimum atomic E-state index is -0.362. The van der Waals surface area contributed by atoms with Crippen LogP contribution in [0.25, 0.3) is 0 Å². The molecule has 0 unspecified atom stereocenters. The highest BCUT2D eigenvalue weighted by Crippen LogP contribution is 2.14. The number of piperidine rings is 1. The molecule has 0 atom stereocenters. The van der Waals surface area contributed by atoms with Gasteiger partial charge in [-0.3, -0.25) is 0 Å². The second kappa shape index (κ2) is 5.14. The third-order valence-corrected chi connectivity index (χ3v) is 2.93. The molecular weight excluding hydrogens is 218 g/mol. The Kier molecular flexibility index (Phi) is 3.58. The Morgan fingerprint density at radius 1 is 1.47 bits per heavy atom. The summed E-state index contributed by atoms with van der Waals surface area (Å²) >= 11 is 0. The zero-order valence-electron chi connectivity index (χ0n) is 9.93. The average Bonchev–Trinajstić information content (AvgIpc) is 2.33. The Bertz CT molecular complexity index is 383. The van der Waals surface area contributed by atoms with E-state index in [9.17, 15) is 4.79 Å². The van der Waals surface area contributed by atoms with Crippen LogP contribution in [0.15, 0.2) is 18.3 Å². The molecule has 1 aliphatic heterocycles. The van der Waals surface area contributed by atoms with Crippen LogP contribution >= 0.6 is 0 Å². The summed E-state index contributed by atoms with van der Waals surface area (Å²) in [7, 11) is 2.07. The van der Waals surface area contributed by atoms with Gasteiger partial charge < -0.3 is 15.4 Å². The van der Waals surface area contributed by atoms with E-state index in [-0.39, 0.29) is 12.1 Å². The monoisotopic (exact) mass is 235 g/mol. The Morgan fingerprint density at radius 3 is 2.76 bits per heavy atom. The molecule has 0 radical (unpaired) electrons. The fraction of sp³-hybridized carbons (Fsp3) is 0.500. The molecule has 0 saturated carbocycles. The molecule has 1 aromatic heterocycles. The van der Waals surface area contributed by atoms with Crippen LogP contribution in [-0.4, -0.2) is 42.1 Å². The number of likely N-dealkylation sites (tertiary alicyclic amines) is 1. The van der Waals surface area contributed by atoms with E-state index < -0.39 is 0 Å². The van der Waals surface area contributed by atoms with E-state index in [1.54, 1.807) is 12.1 Å². The summed E-state index contributed by atoms with van der Waals surface area (Å²) in [6.45, 7) is 1.93. The third kappa shape index (κ3) is 3.17. The smallest absolute Gasteiger partial charge is 0.357 e. The maximum absolute atomic E-state index is 11.8. The number of carbonyl (C=O) groups is 1. The molecule has 1 saturated heterocycles. The number of esters is 1. The summed E-state index contributed by atoms with van der Waals surface area (Å²) < 4.78 is 5.40. The molecule has 0 amide bonds. The predicted octanol–water partition coefficient (Wildman–Crippen LogP) is 0.915. The minimum Gasteiger partial charge on any atom is -0.458 e. The maximum Gasteiger partial charge on any atom is 0.357 e. The highest BCUT2D eigenvalue weighted by Gasteiger charge is 2.21. The lowest BCUT2D eigenvalue weighted by molar-refractivity contribution is 0.0133. The molecule has 2 heterocycles. The lowest BCUT2D eigenvalue weighted by Gasteiger charge is -2.28. The zero-order chi connectivity index (χ0) is 12.3. The molecule has 5 nitrogen and oxygen atoms in total. The topological polar surface area (TPSA) is 68.5 Å². The summed E-state index contributed by atoms with van der Waals surface area (Å²) in [6.07, 6.45) is 3.25. The molecular formula is C12H17N3O2. The van der Waals surface area contributed by atoms with Crippen LogP contribution in [0.2, 0.25) is 0 Å². The highest BCUT2D eigenvalue weighted by atomic mass is 16.5. The summed E-state index contributed by atoms with van der Waals surface area (Å²) in [5, 5.41) is 0. The molecule has 2 N–H and O–H groups in total. The van der Waals surface area contributed by atoms with Crippen molar-refractivity contribution in [1.82, 2.24) is 9.88 Å². The van der Waals surface area contributed by atoms with E-state index in [1.165, 1.54) is 6.20 Å². The fourth-order valence-corrected chi connectivity index (χ4v) is 1.84. The van der Waals surface area contributed by atoms with Gasteiger partial charge in [0.25, 0.3) is 0 Å². The van der Waals surface area contributed by atoms with Crippen molar-refractivity contribution < 1.29 is 9.53 Å². The van der Waals surface area contributed by atoms with Crippen LogP contribution in [0.3, 0.4) is 0 Å². The van der Waals surface area contributed by atoms with Gasteiger partial charge in [-0.05, 0) is 32.0 Å². The highest BCUT2D eigenvalue weighted by molar-refractivity contribution is 5.87. The van der Waals surface area contributed by atoms with E-state index in [4.69, 9.17) is 10.5 Å². The Balaban J connectivity index is 1.91. The molecule has 0 aromatic carbocycles. The van der Waals surface area contributed by atoms with Crippen molar-refractivity contribution in [2.45, 2.75) is 18.9 Å². The average molecular weight is 235 g/mol. The van der Waals surface area contributed by atoms with Crippen molar-refractivity contribution in [2.75, 3.05) is 25.9 Å². The van der Waals surface area contributed by atoms with Gasteiger partial charge in [0.05, 0.1) is 11.9 Å². The molecule has 0 bridgehead atoms. The SMILES string of the molecule is CN1CCC(OC(=O)c2ccc(N)cn2)CC1. The van der Waals surface area contributed by atoms with Crippen molar-refractivity contribution in [2.24, 2.45) is 0 Å². The normalized spacial score (nSPS) is 17.9. The Hall–Kier alpha value is -1.62. The zero-order valence-corrected chi connectivity index (χ0v) is 9.93. The number of anilines is 1. The number of hydrogen-bond donors (Lipinski definition) is 1. The van der Waals surface area contributed by atoms with Gasteiger partial charge >= 0.3 is 5.97 Å². The van der Waals surface area contributed by atoms with E-state index in [1.807, 2.05) is 0 Å². The van der Waals surface area contributed by atoms with Gasteiger partial charge in [-0.1, -0.05) is 0 Å². The number of ether oxygens (including phenoxy) is 1. The molecule has 5 heteroatoms. The number of hydrogen-bond acceptors (Lipinski definition) is 5. The van der Waals surface area contributed by atoms with Crippen LogP contribution in [0, 0.1) is 0 Å². The predicted molar refractivity (Wildman–Crippen MR) is 64.6 cm³/mol. The van der Waals surface area contributed by atoms with Crippen molar-refractivity contribution in [3.63, 3.8) is 0 Å². The largest absolute Gasteiger partial charge is 0.458 e. The van der Waals surface area contributed by atoms with Crippen LogP contribution in [0.1, 0.15) is 23.3 Å². The van der Waals surface area contributed by atoms with Crippen LogP contribution in [-0.2, 0) is 4.74 Å². The van der Waals surface area contributed by atoms with Gasteiger partial charge in [0.1, 0.15) is 11.8 Å². The number of pyridine rings is 1. The number of carbonyl (C=O) groups excluding carboxylic acids is 1. The van der Waals surface area contributed by atoms with Crippen molar-refractivity contribution in [3.8, 4) is 0 Å². The van der Waals surface area contributed by atoms with Gasteiger partial charge in [-0.15, -0.1) is 0 Å². The van der Waals surface area contributed by atoms with E-state index in [0.29, 0.717) is 11.4 Å². The first-order valence-electron chi connectivity index (χ1n) is 5.76. The standard InChI is InChI=1S/C12H17N3O2/c1-15-6-4-10(5-7-15)17-12(16)11-3-2-9(13)8-14-11/h2-3,8,10H,4-7,13H2,1H3. The first-order chi connectivity index (χ1) is 8.15. The second-order valence-electron chi connectivity index (χ2n) is 4.38. The van der Waals surface area contributed by atoms with Crippen molar-refractivity contribution in [1.29, 1.82) is 0 Å². The quantitative estimate of drug-likeness (QED) is 0.772. The Morgan fingerprint density at radius 2 is 2.18 bits per heavy atom. The number of nitrogens with two attached hydrogens (primary N) is 1. The number of rotatable bonds is 2. The van der Waals surface area contributed by atoms with E-state index in [2.05, 4.69) is 16.9 Å². The van der Waals surface area contributed by atoms with E-state index >= 15 is 0 Å². The molecule has 17 heavy (non-hydrogen) atoms. The third-order valence-electron chi connectivity index (χ3n) is 2.93. The second-order valence-corrected chi connectivity index (χ2v) is 4.38. The summed E-state index contributed by atoms with van der Waals surface area (Å²) in [5.41, 5.74) is 6.37. The van der Waals surface area contributed by atoms with Gasteiger partial charge in [0, 0.05) is 13.1 Å². The van der Waals surface area contributed by atoms with Gasteiger partial charge in [-0.2, -0.15) is 0 Å². The Labute approximate surface area is 101 Å². The van der Waals surface area contributed by atoms with Gasteiger partial charge in [-0.25, -0.2) is 9.78 Å². The minimum absolute atomic E-state index is 0.0121. The summed E-state index contributed by atoms with van der Waals surface area (Å²) in [5.74, 6) is -0.362. The lowest BCUT2D eigenvalue weighted by atomic mass is 10.1. The van der Waals surface area contributed by atoms with Crippen LogP contribution in [0.4, 0.5) is 5.69 Å². The molecule has 1 aromatic rings. The number of nitrogens with zero attached hydrogens (tertiary/aromatic N) is 2. The van der Waals surface area contributed by atoms with Gasteiger partial charge in [0.2, 0.25) is 0 Å². The van der Waals surface area contributed by atoms with Crippen LogP contribution < -0.4 is 5.73 Å². The van der Waals surface area contributed by atoms with Crippen molar-refractivity contribution in [3.05, 3.63) is 24.0 Å². The van der Waals surface area contributed by atoms with Crippen molar-refractivity contribution >= 4 is 11.7 Å². The molecule has 1 aliphatic rings. The summed E-state index contributed by atoms with van der Waals surface area (Å²) in [6, 6.07) is 3.24. The van der Waals surface area contributed by atoms with Crippen LogP contribution in [0.5, 0.6) is 0 Å². The lowest BCUT2D eigenvalue weighted by Crippen LogP contribution is -2.35. The molecule has 0 spiro atoms. The number of nitrogen functional groups attached to an aromatic ring is 1. The molecule has 2 rings (SSSR count). The molecule has 92 valence electrons. The molecule has 0 aliphatic carbocycles. The maximum atomic E-state index is 11.8.